The van der Waals surface area contributed by atoms with Crippen LogP contribution < -0.4 is 4.72 Å². The number of anilines is 1. The van der Waals surface area contributed by atoms with Crippen LogP contribution in [0.3, 0.4) is 0 Å². The molecule has 1 aromatic heterocycles. The minimum atomic E-state index is -3.72. The van der Waals surface area contributed by atoms with E-state index in [0.717, 1.165) is 0 Å². The lowest BCUT2D eigenvalue weighted by molar-refractivity contribution is 0.600. The molecule has 0 aliphatic heterocycles. The molecule has 0 aliphatic rings. The van der Waals surface area contributed by atoms with Crippen LogP contribution in [0, 0.1) is 0 Å². The molecule has 1 heterocycles. The maximum atomic E-state index is 12.1. The fourth-order valence-corrected chi connectivity index (χ4v) is 2.91. The zero-order chi connectivity index (χ0) is 13.0. The SMILES string of the molecule is O=S(=O)(Nc1ncccn1)c1ccccc1CCl. The lowest BCUT2D eigenvalue weighted by atomic mass is 10.2. The second-order valence-electron chi connectivity index (χ2n) is 3.42. The Morgan fingerprint density at radius 2 is 1.78 bits per heavy atom. The summed E-state index contributed by atoms with van der Waals surface area (Å²) < 4.78 is 26.6. The predicted molar refractivity (Wildman–Crippen MR) is 68.8 cm³/mol. The molecule has 0 aliphatic carbocycles. The topological polar surface area (TPSA) is 72.0 Å². The Balaban J connectivity index is 2.37. The number of benzene rings is 1. The maximum absolute atomic E-state index is 12.1. The smallest absolute Gasteiger partial charge is 0.247 e. The van der Waals surface area contributed by atoms with Crippen molar-refractivity contribution in [1.29, 1.82) is 0 Å². The van der Waals surface area contributed by atoms with Crippen LogP contribution in [0.5, 0.6) is 0 Å². The van der Waals surface area contributed by atoms with Gasteiger partial charge >= 0.3 is 0 Å². The third kappa shape index (κ3) is 2.77. The second-order valence-corrected chi connectivity index (χ2v) is 5.34. The van der Waals surface area contributed by atoms with Crippen molar-refractivity contribution in [3.8, 4) is 0 Å². The first kappa shape index (κ1) is 12.8. The van der Waals surface area contributed by atoms with Gasteiger partial charge in [-0.2, -0.15) is 0 Å². The summed E-state index contributed by atoms with van der Waals surface area (Å²) in [5.74, 6) is 0.147. The molecule has 1 aromatic carbocycles. The Morgan fingerprint density at radius 1 is 1.11 bits per heavy atom. The van der Waals surface area contributed by atoms with Gasteiger partial charge in [-0.1, -0.05) is 18.2 Å². The van der Waals surface area contributed by atoms with Gasteiger partial charge < -0.3 is 0 Å². The van der Waals surface area contributed by atoms with Crippen molar-refractivity contribution in [2.24, 2.45) is 0 Å². The van der Waals surface area contributed by atoms with Crippen LogP contribution in [0.15, 0.2) is 47.6 Å². The van der Waals surface area contributed by atoms with E-state index < -0.39 is 10.0 Å². The molecule has 2 rings (SSSR count). The number of rotatable bonds is 4. The zero-order valence-electron chi connectivity index (χ0n) is 9.25. The van der Waals surface area contributed by atoms with Crippen LogP contribution in [-0.4, -0.2) is 18.4 Å². The Hall–Kier alpha value is -1.66. The van der Waals surface area contributed by atoms with Crippen molar-refractivity contribution in [1.82, 2.24) is 9.97 Å². The van der Waals surface area contributed by atoms with Crippen LogP contribution in [0.25, 0.3) is 0 Å². The standard InChI is InChI=1S/C11H10ClN3O2S/c12-8-9-4-1-2-5-10(9)18(16,17)15-11-13-6-3-7-14-11/h1-7H,8H2,(H,13,14,15). The first-order chi connectivity index (χ1) is 8.63. The molecule has 0 atom stereocenters. The van der Waals surface area contributed by atoms with Gasteiger partial charge in [-0.25, -0.2) is 23.1 Å². The first-order valence-electron chi connectivity index (χ1n) is 5.07. The van der Waals surface area contributed by atoms with Gasteiger partial charge in [-0.05, 0) is 17.7 Å². The van der Waals surface area contributed by atoms with E-state index in [1.165, 1.54) is 18.5 Å². The second kappa shape index (κ2) is 5.32. The molecule has 0 saturated heterocycles. The molecule has 0 saturated carbocycles. The molecule has 2 aromatic rings. The number of hydrogen-bond donors (Lipinski definition) is 1. The molecule has 0 spiro atoms. The minimum absolute atomic E-state index is 0.0295. The lowest BCUT2D eigenvalue weighted by Gasteiger charge is -2.09. The molecule has 18 heavy (non-hydrogen) atoms. The van der Waals surface area contributed by atoms with Gasteiger partial charge in [-0.3, -0.25) is 0 Å². The van der Waals surface area contributed by atoms with Crippen LogP contribution in [-0.2, 0) is 15.9 Å². The Morgan fingerprint density at radius 3 is 2.44 bits per heavy atom. The highest BCUT2D eigenvalue weighted by Gasteiger charge is 2.18. The highest BCUT2D eigenvalue weighted by atomic mass is 35.5. The van der Waals surface area contributed by atoms with Gasteiger partial charge in [0.25, 0.3) is 10.0 Å². The van der Waals surface area contributed by atoms with Gasteiger partial charge in [0.1, 0.15) is 0 Å². The highest BCUT2D eigenvalue weighted by molar-refractivity contribution is 7.92. The fraction of sp³-hybridized carbons (Fsp3) is 0.0909. The van der Waals surface area contributed by atoms with E-state index in [1.54, 1.807) is 24.3 Å². The lowest BCUT2D eigenvalue weighted by Crippen LogP contribution is -2.16. The molecule has 0 radical (unpaired) electrons. The van der Waals surface area contributed by atoms with Crippen molar-refractivity contribution in [3.63, 3.8) is 0 Å². The number of alkyl halides is 1. The van der Waals surface area contributed by atoms with E-state index in [1.807, 2.05) is 0 Å². The van der Waals surface area contributed by atoms with Gasteiger partial charge in [-0.15, -0.1) is 11.6 Å². The molecule has 5 nitrogen and oxygen atoms in total. The van der Waals surface area contributed by atoms with E-state index in [2.05, 4.69) is 14.7 Å². The minimum Gasteiger partial charge on any atom is -0.247 e. The third-order valence-electron chi connectivity index (χ3n) is 2.20. The van der Waals surface area contributed by atoms with Crippen molar-refractivity contribution in [2.45, 2.75) is 10.8 Å². The number of nitrogens with zero attached hydrogens (tertiary/aromatic N) is 2. The fourth-order valence-electron chi connectivity index (χ4n) is 1.40. The van der Waals surface area contributed by atoms with E-state index in [4.69, 9.17) is 11.6 Å². The van der Waals surface area contributed by atoms with Crippen molar-refractivity contribution in [2.75, 3.05) is 4.72 Å². The molecular formula is C11H10ClN3O2S. The number of sulfonamides is 1. The molecule has 0 unspecified atom stereocenters. The summed E-state index contributed by atoms with van der Waals surface area (Å²) in [6.07, 6.45) is 2.91. The number of aromatic nitrogens is 2. The summed E-state index contributed by atoms with van der Waals surface area (Å²) in [4.78, 5) is 7.75. The van der Waals surface area contributed by atoms with Gasteiger partial charge in [0, 0.05) is 18.3 Å². The van der Waals surface area contributed by atoms with Gasteiger partial charge in [0.15, 0.2) is 0 Å². The Bertz CT molecular complexity index is 632. The van der Waals surface area contributed by atoms with Crippen molar-refractivity contribution < 1.29 is 8.42 Å². The molecule has 1 N–H and O–H groups in total. The van der Waals surface area contributed by atoms with Gasteiger partial charge in [0.2, 0.25) is 5.95 Å². The summed E-state index contributed by atoms with van der Waals surface area (Å²) in [5, 5.41) is 0. The Kier molecular flexibility index (Phi) is 3.78. The van der Waals surface area contributed by atoms with Gasteiger partial charge in [0.05, 0.1) is 4.90 Å². The summed E-state index contributed by atoms with van der Waals surface area (Å²) in [6.45, 7) is 0. The van der Waals surface area contributed by atoms with E-state index >= 15 is 0 Å². The Labute approximate surface area is 110 Å². The molecule has 7 heteroatoms. The quantitative estimate of drug-likeness (QED) is 0.871. The molecule has 0 fully saturated rings. The monoisotopic (exact) mass is 283 g/mol. The zero-order valence-corrected chi connectivity index (χ0v) is 10.8. The van der Waals surface area contributed by atoms with Crippen LogP contribution in [0.2, 0.25) is 0 Å². The van der Waals surface area contributed by atoms with Crippen molar-refractivity contribution >= 4 is 27.6 Å². The van der Waals surface area contributed by atoms with E-state index in [9.17, 15) is 8.42 Å². The number of hydrogen-bond acceptors (Lipinski definition) is 4. The summed E-state index contributed by atoms with van der Waals surface area (Å²) >= 11 is 5.72. The molecule has 0 amide bonds. The first-order valence-corrected chi connectivity index (χ1v) is 7.09. The van der Waals surface area contributed by atoms with E-state index in [-0.39, 0.29) is 16.7 Å². The number of halogens is 1. The average Bonchev–Trinajstić information content (AvgIpc) is 2.39. The van der Waals surface area contributed by atoms with Crippen LogP contribution in [0.4, 0.5) is 5.95 Å². The van der Waals surface area contributed by atoms with E-state index in [0.29, 0.717) is 5.56 Å². The van der Waals surface area contributed by atoms with Crippen molar-refractivity contribution in [3.05, 3.63) is 48.3 Å². The van der Waals surface area contributed by atoms with Crippen LogP contribution >= 0.6 is 11.6 Å². The van der Waals surface area contributed by atoms with Crippen LogP contribution in [0.1, 0.15) is 5.56 Å². The number of nitrogens with one attached hydrogen (secondary N) is 1. The molecular weight excluding hydrogens is 274 g/mol. The highest BCUT2D eigenvalue weighted by Crippen LogP contribution is 2.19. The largest absolute Gasteiger partial charge is 0.264 e. The maximum Gasteiger partial charge on any atom is 0.264 e. The summed E-state index contributed by atoms with van der Waals surface area (Å²) in [7, 11) is -3.72. The summed E-state index contributed by atoms with van der Waals surface area (Å²) in [6, 6.07) is 8.12. The average molecular weight is 284 g/mol. The third-order valence-corrected chi connectivity index (χ3v) is 3.91. The molecule has 94 valence electrons. The molecule has 0 bridgehead atoms. The predicted octanol–water partition coefficient (Wildman–Crippen LogP) is 2.02. The normalized spacial score (nSPS) is 11.2. The summed E-state index contributed by atoms with van der Waals surface area (Å²) in [5.41, 5.74) is 0.530.